The highest BCUT2D eigenvalue weighted by molar-refractivity contribution is 6.51. The molecule has 0 saturated heterocycles. The molecule has 3 rings (SSSR count). The minimum absolute atomic E-state index is 0.0467. The maximum Gasteiger partial charge on any atom is 0.213 e. The molecule has 0 atom stereocenters. The number of ether oxygens (including phenoxy) is 1. The molecule has 1 N–H and O–H groups in total. The van der Waals surface area contributed by atoms with Gasteiger partial charge in [-0.3, -0.25) is 4.79 Å². The largest absolute Gasteiger partial charge is 0.507 e. The van der Waals surface area contributed by atoms with Crippen LogP contribution in [-0.2, 0) is 0 Å². The molecule has 5 nitrogen and oxygen atoms in total. The van der Waals surface area contributed by atoms with Crippen LogP contribution in [0.15, 0.2) is 89.1 Å². The summed E-state index contributed by atoms with van der Waals surface area (Å²) in [6.07, 6.45) is 1.39. The third-order valence-corrected chi connectivity index (χ3v) is 3.89. The molecule has 134 valence electrons. The first-order valence-corrected chi connectivity index (χ1v) is 8.32. The molecule has 0 unspecified atom stereocenters. The minimum atomic E-state index is -0.228. The van der Waals surface area contributed by atoms with E-state index in [9.17, 15) is 9.90 Å². The van der Waals surface area contributed by atoms with Crippen LogP contribution in [0.4, 0.5) is 0 Å². The van der Waals surface area contributed by atoms with Crippen LogP contribution >= 0.6 is 0 Å². The van der Waals surface area contributed by atoms with Gasteiger partial charge < -0.3 is 9.84 Å². The molecule has 0 amide bonds. The van der Waals surface area contributed by atoms with Crippen LogP contribution in [-0.4, -0.2) is 29.9 Å². The number of hydrogen-bond donors (Lipinski definition) is 1. The second-order valence-electron chi connectivity index (χ2n) is 5.68. The number of carbonyl (C=O) groups excluding carboxylic acids is 1. The van der Waals surface area contributed by atoms with E-state index in [1.807, 2.05) is 24.3 Å². The van der Waals surface area contributed by atoms with Crippen LogP contribution in [0.3, 0.4) is 0 Å². The van der Waals surface area contributed by atoms with Gasteiger partial charge in [0.1, 0.15) is 17.2 Å². The number of aromatic hydroxyl groups is 1. The molecule has 0 aliphatic heterocycles. The zero-order valence-corrected chi connectivity index (χ0v) is 14.7. The summed E-state index contributed by atoms with van der Waals surface area (Å²) in [7, 11) is 1.54. The van der Waals surface area contributed by atoms with Gasteiger partial charge in [-0.15, -0.1) is 5.10 Å². The van der Waals surface area contributed by atoms with Crippen molar-refractivity contribution in [2.75, 3.05) is 7.11 Å². The Kier molecular flexibility index (Phi) is 5.74. The summed E-state index contributed by atoms with van der Waals surface area (Å²) >= 11 is 0. The molecule has 0 bridgehead atoms. The number of rotatable bonds is 6. The van der Waals surface area contributed by atoms with Crippen LogP contribution in [0.5, 0.6) is 11.5 Å². The molecule has 3 aromatic rings. The topological polar surface area (TPSA) is 71.2 Å². The van der Waals surface area contributed by atoms with Gasteiger partial charge >= 0.3 is 0 Å². The zero-order chi connectivity index (χ0) is 19.1. The molecule has 0 aliphatic carbocycles. The fourth-order valence-corrected chi connectivity index (χ4v) is 2.47. The van der Waals surface area contributed by atoms with Crippen molar-refractivity contribution in [1.82, 2.24) is 0 Å². The van der Waals surface area contributed by atoms with Crippen LogP contribution in [0.2, 0.25) is 0 Å². The summed E-state index contributed by atoms with van der Waals surface area (Å²) in [6.45, 7) is 0. The standard InChI is InChI=1S/C22H18N2O3/c1-27-19-12-13-20(25)18(14-19)15-23-24-21(16-8-4-2-5-9-16)22(26)17-10-6-3-7-11-17/h2-15,25H,1H3/b23-15+,24-21-. The van der Waals surface area contributed by atoms with Crippen molar-refractivity contribution in [3.63, 3.8) is 0 Å². The second-order valence-corrected chi connectivity index (χ2v) is 5.68. The van der Waals surface area contributed by atoms with E-state index in [2.05, 4.69) is 10.2 Å². The average molecular weight is 358 g/mol. The van der Waals surface area contributed by atoms with Gasteiger partial charge in [-0.1, -0.05) is 60.7 Å². The van der Waals surface area contributed by atoms with Gasteiger partial charge in [-0.05, 0) is 18.2 Å². The van der Waals surface area contributed by atoms with E-state index in [1.165, 1.54) is 19.4 Å². The first-order valence-electron chi connectivity index (χ1n) is 8.32. The number of methoxy groups -OCH3 is 1. The number of hydrogen-bond acceptors (Lipinski definition) is 5. The molecule has 5 heteroatoms. The summed E-state index contributed by atoms with van der Waals surface area (Å²) in [5.41, 5.74) is 1.86. The third kappa shape index (κ3) is 4.46. The fourth-order valence-electron chi connectivity index (χ4n) is 2.47. The Hall–Kier alpha value is -3.73. The minimum Gasteiger partial charge on any atom is -0.507 e. The number of phenols is 1. The van der Waals surface area contributed by atoms with Crippen LogP contribution < -0.4 is 4.74 Å². The molecule has 0 spiro atoms. The number of phenolic OH excluding ortho intramolecular Hbond substituents is 1. The molecule has 0 radical (unpaired) electrons. The highest BCUT2D eigenvalue weighted by Gasteiger charge is 2.16. The van der Waals surface area contributed by atoms with Gasteiger partial charge in [0.2, 0.25) is 5.78 Å². The number of nitrogens with zero attached hydrogens (tertiary/aromatic N) is 2. The summed E-state index contributed by atoms with van der Waals surface area (Å²) in [5, 5.41) is 18.1. The molecule has 0 heterocycles. The quantitative estimate of drug-likeness (QED) is 0.409. The molecule has 0 fully saturated rings. The lowest BCUT2D eigenvalue weighted by Gasteiger charge is -2.05. The van der Waals surface area contributed by atoms with Crippen molar-refractivity contribution < 1.29 is 14.6 Å². The molecule has 0 aliphatic rings. The van der Waals surface area contributed by atoms with E-state index in [1.54, 1.807) is 48.5 Å². The highest BCUT2D eigenvalue weighted by Crippen LogP contribution is 2.21. The van der Waals surface area contributed by atoms with Gasteiger partial charge in [0.05, 0.1) is 13.3 Å². The van der Waals surface area contributed by atoms with Crippen LogP contribution in [0.25, 0.3) is 0 Å². The molecule has 27 heavy (non-hydrogen) atoms. The maximum atomic E-state index is 12.9. The van der Waals surface area contributed by atoms with Crippen molar-refractivity contribution in [1.29, 1.82) is 0 Å². The Balaban J connectivity index is 1.97. The summed E-state index contributed by atoms with van der Waals surface area (Å²) in [6, 6.07) is 22.8. The van der Waals surface area contributed by atoms with E-state index in [0.29, 0.717) is 22.4 Å². The second kappa shape index (κ2) is 8.58. The monoisotopic (exact) mass is 358 g/mol. The summed E-state index contributed by atoms with van der Waals surface area (Å²) in [5.74, 6) is 0.404. The molecule has 0 aromatic heterocycles. The predicted molar refractivity (Wildman–Crippen MR) is 106 cm³/mol. The van der Waals surface area contributed by atoms with Gasteiger partial charge in [0, 0.05) is 16.7 Å². The number of ketones is 1. The molecular weight excluding hydrogens is 340 g/mol. The lowest BCUT2D eigenvalue weighted by molar-refractivity contribution is 0.106. The maximum absolute atomic E-state index is 12.9. The Morgan fingerprint density at radius 1 is 0.926 bits per heavy atom. The van der Waals surface area contributed by atoms with Gasteiger partial charge in [0.25, 0.3) is 0 Å². The van der Waals surface area contributed by atoms with E-state index >= 15 is 0 Å². The third-order valence-electron chi connectivity index (χ3n) is 3.89. The van der Waals surface area contributed by atoms with E-state index < -0.39 is 0 Å². The predicted octanol–water partition coefficient (Wildman–Crippen LogP) is 4.11. The average Bonchev–Trinajstić information content (AvgIpc) is 2.73. The Bertz CT molecular complexity index is 981. The van der Waals surface area contributed by atoms with Crippen molar-refractivity contribution in [2.24, 2.45) is 10.2 Å². The molecular formula is C22H18N2O3. The Morgan fingerprint density at radius 2 is 1.56 bits per heavy atom. The van der Waals surface area contributed by atoms with Crippen molar-refractivity contribution in [3.05, 3.63) is 95.6 Å². The van der Waals surface area contributed by atoms with Crippen molar-refractivity contribution >= 4 is 17.7 Å². The number of Topliss-reactive ketones (excluding diaryl/α,β-unsaturated/α-hetero) is 1. The van der Waals surface area contributed by atoms with E-state index in [4.69, 9.17) is 4.74 Å². The summed E-state index contributed by atoms with van der Waals surface area (Å²) < 4.78 is 5.14. The SMILES string of the molecule is COc1ccc(O)c(/C=N/N=C(\C(=O)c2ccccc2)c2ccccc2)c1. The zero-order valence-electron chi connectivity index (χ0n) is 14.7. The molecule has 3 aromatic carbocycles. The van der Waals surface area contributed by atoms with Crippen LogP contribution in [0.1, 0.15) is 21.5 Å². The number of carbonyl (C=O) groups is 1. The first-order chi connectivity index (χ1) is 13.2. The lowest BCUT2D eigenvalue weighted by atomic mass is 10.0. The van der Waals surface area contributed by atoms with Gasteiger partial charge in [-0.25, -0.2) is 0 Å². The normalized spacial score (nSPS) is 11.5. The summed E-state index contributed by atoms with van der Waals surface area (Å²) in [4.78, 5) is 12.9. The smallest absolute Gasteiger partial charge is 0.213 e. The first kappa shape index (κ1) is 18.1. The highest BCUT2D eigenvalue weighted by atomic mass is 16.5. The fraction of sp³-hybridized carbons (Fsp3) is 0.0455. The lowest BCUT2D eigenvalue weighted by Crippen LogP contribution is -2.15. The van der Waals surface area contributed by atoms with Crippen molar-refractivity contribution in [3.8, 4) is 11.5 Å². The van der Waals surface area contributed by atoms with Crippen LogP contribution in [0, 0.1) is 0 Å². The Morgan fingerprint density at radius 3 is 2.19 bits per heavy atom. The van der Waals surface area contributed by atoms with Gasteiger partial charge in [0.15, 0.2) is 0 Å². The van der Waals surface area contributed by atoms with Crippen molar-refractivity contribution in [2.45, 2.75) is 0 Å². The van der Waals surface area contributed by atoms with E-state index in [0.717, 1.165) is 0 Å². The van der Waals surface area contributed by atoms with Gasteiger partial charge in [-0.2, -0.15) is 5.10 Å². The molecule has 0 saturated carbocycles. The van der Waals surface area contributed by atoms with E-state index in [-0.39, 0.29) is 17.2 Å². The number of benzene rings is 3. The Labute approximate surface area is 157 Å².